The van der Waals surface area contributed by atoms with E-state index >= 15 is 0 Å². The molecule has 2 aromatic heterocycles. The third-order valence-electron chi connectivity index (χ3n) is 3.64. The fraction of sp³-hybridized carbons (Fsp3) is 0.500. The Balaban J connectivity index is 0.00000147. The van der Waals surface area contributed by atoms with Gasteiger partial charge in [0.15, 0.2) is 0 Å². The topological polar surface area (TPSA) is 33.0 Å². The van der Waals surface area contributed by atoms with Crippen molar-refractivity contribution in [3.63, 3.8) is 0 Å². The van der Waals surface area contributed by atoms with E-state index in [1.807, 2.05) is 28.9 Å². The van der Waals surface area contributed by atoms with Crippen molar-refractivity contribution in [3.05, 3.63) is 30.7 Å². The standard InChI is InChI=1S/C14H20N4O.Li/c1-16-6-8-17(9-7-16)10-11-19-13-2-4-18-5-3-15-14(18)12-13;/h2-5,12H,6-11H2,1H3;. The maximum atomic E-state index is 5.80. The third kappa shape index (κ3) is 3.77. The van der Waals surface area contributed by atoms with Crippen LogP contribution in [0, 0.1) is 0 Å². The molecule has 0 spiro atoms. The molecule has 20 heavy (non-hydrogen) atoms. The summed E-state index contributed by atoms with van der Waals surface area (Å²) in [5.41, 5.74) is 0.928. The Labute approximate surface area is 131 Å². The smallest absolute Gasteiger partial charge is 0.140 e. The van der Waals surface area contributed by atoms with E-state index in [4.69, 9.17) is 4.74 Å². The van der Waals surface area contributed by atoms with Crippen LogP contribution >= 0.6 is 0 Å². The largest absolute Gasteiger partial charge is 0.492 e. The minimum absolute atomic E-state index is 0. The summed E-state index contributed by atoms with van der Waals surface area (Å²) in [5, 5.41) is 0. The van der Waals surface area contributed by atoms with Gasteiger partial charge in [-0.2, -0.15) is 0 Å². The molecule has 0 atom stereocenters. The number of aromatic nitrogens is 2. The van der Waals surface area contributed by atoms with Crippen molar-refractivity contribution < 1.29 is 4.74 Å². The minimum atomic E-state index is 0. The first-order chi connectivity index (χ1) is 9.31. The van der Waals surface area contributed by atoms with Crippen LogP contribution in [0.15, 0.2) is 30.7 Å². The summed E-state index contributed by atoms with van der Waals surface area (Å²) in [7, 11) is 2.17. The van der Waals surface area contributed by atoms with Gasteiger partial charge in [0.1, 0.15) is 18.0 Å². The first-order valence-electron chi connectivity index (χ1n) is 6.78. The third-order valence-corrected chi connectivity index (χ3v) is 3.64. The molecule has 0 aliphatic carbocycles. The van der Waals surface area contributed by atoms with Crippen molar-refractivity contribution in [2.45, 2.75) is 0 Å². The molecule has 1 aliphatic rings. The normalized spacial score (nSPS) is 17.1. The first kappa shape index (κ1) is 15.4. The van der Waals surface area contributed by atoms with Gasteiger partial charge in [-0.1, -0.05) is 0 Å². The van der Waals surface area contributed by atoms with Gasteiger partial charge in [-0.05, 0) is 13.1 Å². The fourth-order valence-electron chi connectivity index (χ4n) is 2.35. The molecule has 2 aromatic rings. The van der Waals surface area contributed by atoms with Crippen LogP contribution in [-0.4, -0.2) is 84.4 Å². The fourth-order valence-corrected chi connectivity index (χ4v) is 2.35. The molecule has 1 saturated heterocycles. The molecule has 0 bridgehead atoms. The number of fused-ring (bicyclic) bond motifs is 1. The summed E-state index contributed by atoms with van der Waals surface area (Å²) in [6.45, 7) is 6.31. The number of hydrogen-bond donors (Lipinski definition) is 0. The molecule has 1 fully saturated rings. The van der Waals surface area contributed by atoms with Crippen molar-refractivity contribution in [1.82, 2.24) is 19.2 Å². The average Bonchev–Trinajstić information content (AvgIpc) is 2.88. The van der Waals surface area contributed by atoms with Crippen molar-refractivity contribution in [2.24, 2.45) is 0 Å². The molecule has 1 radical (unpaired) electrons. The maximum Gasteiger partial charge on any atom is 0.140 e. The van der Waals surface area contributed by atoms with Crippen LogP contribution in [0.1, 0.15) is 0 Å². The molecule has 1 aliphatic heterocycles. The Morgan fingerprint density at radius 1 is 1.20 bits per heavy atom. The molecule has 0 amide bonds. The van der Waals surface area contributed by atoms with E-state index in [0.717, 1.165) is 50.7 Å². The van der Waals surface area contributed by atoms with Gasteiger partial charge in [0.05, 0.1) is 0 Å². The van der Waals surface area contributed by atoms with Gasteiger partial charge in [0.25, 0.3) is 0 Å². The molecule has 0 N–H and O–H groups in total. The number of pyridine rings is 1. The molecule has 5 nitrogen and oxygen atoms in total. The van der Waals surface area contributed by atoms with Crippen LogP contribution in [0.3, 0.4) is 0 Å². The van der Waals surface area contributed by atoms with Gasteiger partial charge < -0.3 is 14.0 Å². The van der Waals surface area contributed by atoms with Crippen molar-refractivity contribution in [3.8, 4) is 5.75 Å². The average molecular weight is 267 g/mol. The molecule has 6 heteroatoms. The second-order valence-corrected chi connectivity index (χ2v) is 5.05. The molecule has 0 aromatic carbocycles. The monoisotopic (exact) mass is 267 g/mol. The van der Waals surface area contributed by atoms with Crippen LogP contribution in [0.4, 0.5) is 0 Å². The number of ether oxygens (including phenoxy) is 1. The van der Waals surface area contributed by atoms with Crippen molar-refractivity contribution >= 4 is 24.5 Å². The van der Waals surface area contributed by atoms with E-state index in [0.29, 0.717) is 0 Å². The molecular weight excluding hydrogens is 247 g/mol. The second-order valence-electron chi connectivity index (χ2n) is 5.05. The van der Waals surface area contributed by atoms with E-state index in [1.165, 1.54) is 0 Å². The summed E-state index contributed by atoms with van der Waals surface area (Å²) in [4.78, 5) is 9.07. The number of hydrogen-bond acceptors (Lipinski definition) is 4. The van der Waals surface area contributed by atoms with Crippen LogP contribution in [0.25, 0.3) is 5.65 Å². The van der Waals surface area contributed by atoms with E-state index in [2.05, 4.69) is 21.8 Å². The Kier molecular flexibility index (Phi) is 5.50. The van der Waals surface area contributed by atoms with Gasteiger partial charge in [0.2, 0.25) is 0 Å². The van der Waals surface area contributed by atoms with E-state index in [9.17, 15) is 0 Å². The summed E-state index contributed by atoms with van der Waals surface area (Å²) in [6.07, 6.45) is 5.71. The predicted octanol–water partition coefficient (Wildman–Crippen LogP) is 0.580. The maximum absolute atomic E-state index is 5.80. The molecule has 103 valence electrons. The van der Waals surface area contributed by atoms with Crippen LogP contribution in [0.2, 0.25) is 0 Å². The van der Waals surface area contributed by atoms with Gasteiger partial charge in [0, 0.05) is 76.2 Å². The van der Waals surface area contributed by atoms with Crippen LogP contribution in [0.5, 0.6) is 5.75 Å². The molecule has 3 rings (SSSR count). The van der Waals surface area contributed by atoms with E-state index in [-0.39, 0.29) is 18.9 Å². The number of rotatable bonds is 4. The Bertz CT molecular complexity index is 537. The minimum Gasteiger partial charge on any atom is -0.492 e. The van der Waals surface area contributed by atoms with Crippen LogP contribution < -0.4 is 4.74 Å². The number of imidazole rings is 1. The summed E-state index contributed by atoms with van der Waals surface area (Å²) < 4.78 is 7.78. The molecule has 0 unspecified atom stereocenters. The van der Waals surface area contributed by atoms with Crippen LogP contribution in [-0.2, 0) is 0 Å². The first-order valence-corrected chi connectivity index (χ1v) is 6.78. The molecular formula is C14H20LiN4O. The molecule has 0 saturated carbocycles. The number of likely N-dealkylation sites (N-methyl/N-ethyl adjacent to an activating group) is 1. The Morgan fingerprint density at radius 2 is 2.00 bits per heavy atom. The summed E-state index contributed by atoms with van der Waals surface area (Å²) in [5.74, 6) is 0.896. The zero-order chi connectivity index (χ0) is 13.1. The predicted molar refractivity (Wildman–Crippen MR) is 80.4 cm³/mol. The number of piperazine rings is 1. The van der Waals surface area contributed by atoms with Gasteiger partial charge in [-0.3, -0.25) is 4.90 Å². The number of nitrogens with zero attached hydrogens (tertiary/aromatic N) is 4. The quantitative estimate of drug-likeness (QED) is 0.759. The van der Waals surface area contributed by atoms with Crippen molar-refractivity contribution in [1.29, 1.82) is 0 Å². The Morgan fingerprint density at radius 3 is 2.80 bits per heavy atom. The zero-order valence-corrected chi connectivity index (χ0v) is 12.3. The van der Waals surface area contributed by atoms with Crippen molar-refractivity contribution in [2.75, 3.05) is 46.4 Å². The SMILES string of the molecule is CN1CCN(CCOc2ccn3ccnc3c2)CC1.[Li]. The van der Waals surface area contributed by atoms with E-state index < -0.39 is 0 Å². The van der Waals surface area contributed by atoms with Gasteiger partial charge in [-0.25, -0.2) is 4.98 Å². The summed E-state index contributed by atoms with van der Waals surface area (Å²) >= 11 is 0. The van der Waals surface area contributed by atoms with E-state index in [1.54, 1.807) is 6.20 Å². The van der Waals surface area contributed by atoms with Gasteiger partial charge >= 0.3 is 0 Å². The van der Waals surface area contributed by atoms with Gasteiger partial charge in [-0.15, -0.1) is 0 Å². The second kappa shape index (κ2) is 7.14. The Hall–Kier alpha value is -0.993. The zero-order valence-electron chi connectivity index (χ0n) is 12.3. The molecule has 3 heterocycles. The summed E-state index contributed by atoms with van der Waals surface area (Å²) in [6, 6.07) is 3.96.